The zero-order valence-electron chi connectivity index (χ0n) is 15.2. The molecule has 1 aromatic heterocycles. The van der Waals surface area contributed by atoms with Gasteiger partial charge in [0.2, 0.25) is 0 Å². The number of hydrogen-bond donors (Lipinski definition) is 1. The Bertz CT molecular complexity index is 978. The number of Topliss-reactive ketones (excluding diaryl/α,β-unsaturated/α-hetero) is 1. The van der Waals surface area contributed by atoms with Crippen LogP contribution in [0.5, 0.6) is 0 Å². The Morgan fingerprint density at radius 2 is 1.81 bits per heavy atom. The maximum atomic E-state index is 12.7. The van der Waals surface area contributed by atoms with Crippen molar-refractivity contribution < 1.29 is 4.79 Å². The van der Waals surface area contributed by atoms with Gasteiger partial charge in [0, 0.05) is 20.6 Å². The number of benzene rings is 1. The van der Waals surface area contributed by atoms with Gasteiger partial charge in [0.05, 0.1) is 13.1 Å². The third-order valence-electron chi connectivity index (χ3n) is 4.20. The zero-order chi connectivity index (χ0) is 19.4. The lowest BCUT2D eigenvalue weighted by Gasteiger charge is -2.20. The minimum absolute atomic E-state index is 0.0737. The molecule has 0 radical (unpaired) electrons. The van der Waals surface area contributed by atoms with E-state index in [1.165, 1.54) is 14.1 Å². The number of carbonyl (C=O) groups is 1. The summed E-state index contributed by atoms with van der Waals surface area (Å²) in [7, 11) is 2.73. The second-order valence-electron chi connectivity index (χ2n) is 6.22. The third-order valence-corrected chi connectivity index (χ3v) is 4.20. The fourth-order valence-corrected chi connectivity index (χ4v) is 2.65. The van der Waals surface area contributed by atoms with Gasteiger partial charge in [0.25, 0.3) is 5.56 Å². The first-order valence-corrected chi connectivity index (χ1v) is 8.06. The number of ketones is 1. The number of rotatable bonds is 6. The molecule has 0 aliphatic heterocycles. The predicted octanol–water partition coefficient (Wildman–Crippen LogP) is 0.293. The van der Waals surface area contributed by atoms with E-state index in [1.54, 1.807) is 4.90 Å². The molecule has 0 saturated carbocycles. The molecular weight excluding hydrogens is 332 g/mol. The van der Waals surface area contributed by atoms with Crippen LogP contribution in [0.3, 0.4) is 0 Å². The molecular formula is C19H22N4O3. The summed E-state index contributed by atoms with van der Waals surface area (Å²) in [5.74, 6) is 1.91. The molecule has 0 atom stereocenters. The van der Waals surface area contributed by atoms with Crippen molar-refractivity contribution in [1.82, 2.24) is 14.0 Å². The number of terminal acetylenes is 1. The van der Waals surface area contributed by atoms with Crippen LogP contribution in [-0.4, -0.2) is 32.9 Å². The molecule has 2 N–H and O–H groups in total. The van der Waals surface area contributed by atoms with E-state index in [9.17, 15) is 14.4 Å². The predicted molar refractivity (Wildman–Crippen MR) is 101 cm³/mol. The molecule has 0 fully saturated rings. The second kappa shape index (κ2) is 7.85. The Balaban J connectivity index is 2.31. The fourth-order valence-electron chi connectivity index (χ4n) is 2.65. The van der Waals surface area contributed by atoms with Crippen molar-refractivity contribution in [2.24, 2.45) is 14.1 Å². The maximum Gasteiger partial charge on any atom is 0.332 e. The highest BCUT2D eigenvalue weighted by molar-refractivity contribution is 6.01. The van der Waals surface area contributed by atoms with Crippen molar-refractivity contribution in [3.8, 4) is 12.3 Å². The van der Waals surface area contributed by atoms with E-state index in [0.717, 1.165) is 20.3 Å². The standard InChI is InChI=1S/C19H22N4O3/c1-5-10-23(11-14-8-6-13(2)7-9-14)12-15(24)16-17(20)21(3)19(26)22(4)18(16)25/h1,6-9H,10-12,20H2,2-4H3. The number of anilines is 1. The molecule has 26 heavy (non-hydrogen) atoms. The van der Waals surface area contributed by atoms with Crippen LogP contribution in [0.15, 0.2) is 33.9 Å². The molecule has 7 nitrogen and oxygen atoms in total. The van der Waals surface area contributed by atoms with Gasteiger partial charge in [-0.2, -0.15) is 0 Å². The number of nitrogen functional groups attached to an aromatic ring is 1. The largest absolute Gasteiger partial charge is 0.384 e. The summed E-state index contributed by atoms with van der Waals surface area (Å²) in [4.78, 5) is 38.7. The highest BCUT2D eigenvalue weighted by Gasteiger charge is 2.22. The molecule has 1 heterocycles. The quantitative estimate of drug-likeness (QED) is 0.595. The van der Waals surface area contributed by atoms with E-state index >= 15 is 0 Å². The van der Waals surface area contributed by atoms with E-state index in [-0.39, 0.29) is 24.5 Å². The number of carbonyl (C=O) groups excluding carboxylic acids is 1. The van der Waals surface area contributed by atoms with Gasteiger partial charge < -0.3 is 5.73 Å². The first-order valence-electron chi connectivity index (χ1n) is 8.06. The second-order valence-corrected chi connectivity index (χ2v) is 6.22. The average Bonchev–Trinajstić information content (AvgIpc) is 2.60. The molecule has 1 aromatic carbocycles. The monoisotopic (exact) mass is 354 g/mol. The van der Waals surface area contributed by atoms with Crippen LogP contribution >= 0.6 is 0 Å². The minimum atomic E-state index is -0.702. The molecule has 0 amide bonds. The summed E-state index contributed by atoms with van der Waals surface area (Å²) in [6, 6.07) is 7.88. The molecule has 0 aliphatic rings. The summed E-state index contributed by atoms with van der Waals surface area (Å²) >= 11 is 0. The van der Waals surface area contributed by atoms with E-state index in [2.05, 4.69) is 5.92 Å². The van der Waals surface area contributed by atoms with Crippen molar-refractivity contribution in [2.75, 3.05) is 18.8 Å². The van der Waals surface area contributed by atoms with Crippen LogP contribution in [0, 0.1) is 19.3 Å². The summed E-state index contributed by atoms with van der Waals surface area (Å²) in [5.41, 5.74) is 6.50. The van der Waals surface area contributed by atoms with Crippen LogP contribution in [0.2, 0.25) is 0 Å². The molecule has 0 unspecified atom stereocenters. The van der Waals surface area contributed by atoms with E-state index < -0.39 is 17.0 Å². The fraction of sp³-hybridized carbons (Fsp3) is 0.316. The van der Waals surface area contributed by atoms with Crippen molar-refractivity contribution in [3.05, 3.63) is 61.8 Å². The molecule has 0 aliphatic carbocycles. The van der Waals surface area contributed by atoms with Gasteiger partial charge in [-0.15, -0.1) is 6.42 Å². The number of nitrogens with two attached hydrogens (primary N) is 1. The maximum absolute atomic E-state index is 12.7. The number of aromatic nitrogens is 2. The van der Waals surface area contributed by atoms with Crippen LogP contribution in [0.25, 0.3) is 0 Å². The molecule has 136 valence electrons. The van der Waals surface area contributed by atoms with Gasteiger partial charge in [-0.1, -0.05) is 35.7 Å². The van der Waals surface area contributed by atoms with Crippen LogP contribution in [0.4, 0.5) is 5.82 Å². The third kappa shape index (κ3) is 3.92. The van der Waals surface area contributed by atoms with Crippen LogP contribution in [0.1, 0.15) is 21.5 Å². The normalized spacial score (nSPS) is 10.7. The topological polar surface area (TPSA) is 90.3 Å². The van der Waals surface area contributed by atoms with E-state index in [1.807, 2.05) is 31.2 Å². The SMILES string of the molecule is C#CCN(CC(=O)c1c(N)n(C)c(=O)n(C)c1=O)Cc1ccc(C)cc1. The first-order chi connectivity index (χ1) is 12.3. The molecule has 0 saturated heterocycles. The van der Waals surface area contributed by atoms with Gasteiger partial charge in [-0.3, -0.25) is 23.6 Å². The molecule has 7 heteroatoms. The van der Waals surface area contributed by atoms with Crippen molar-refractivity contribution >= 4 is 11.6 Å². The Morgan fingerprint density at radius 1 is 1.19 bits per heavy atom. The average molecular weight is 354 g/mol. The summed E-state index contributed by atoms with van der Waals surface area (Å²) in [6.07, 6.45) is 5.41. The van der Waals surface area contributed by atoms with Crippen LogP contribution < -0.4 is 17.0 Å². The Hall–Kier alpha value is -3.11. The summed E-state index contributed by atoms with van der Waals surface area (Å²) in [6.45, 7) is 2.62. The number of hydrogen-bond acceptors (Lipinski definition) is 5. The summed E-state index contributed by atoms with van der Waals surface area (Å²) < 4.78 is 1.95. The Kier molecular flexibility index (Phi) is 5.80. The van der Waals surface area contributed by atoms with Crippen molar-refractivity contribution in [2.45, 2.75) is 13.5 Å². The van der Waals surface area contributed by atoms with Gasteiger partial charge in [-0.05, 0) is 12.5 Å². The smallest absolute Gasteiger partial charge is 0.332 e. The highest BCUT2D eigenvalue weighted by atomic mass is 16.2. The molecule has 0 spiro atoms. The number of nitrogens with zero attached hydrogens (tertiary/aromatic N) is 3. The van der Waals surface area contributed by atoms with Gasteiger partial charge in [0.15, 0.2) is 5.78 Å². The molecule has 2 aromatic rings. The summed E-state index contributed by atoms with van der Waals surface area (Å²) in [5, 5.41) is 0. The number of aryl methyl sites for hydroxylation is 1. The van der Waals surface area contributed by atoms with Gasteiger partial charge in [-0.25, -0.2) is 4.79 Å². The molecule has 2 rings (SSSR count). The lowest BCUT2D eigenvalue weighted by atomic mass is 10.1. The zero-order valence-corrected chi connectivity index (χ0v) is 15.2. The van der Waals surface area contributed by atoms with E-state index in [0.29, 0.717) is 6.54 Å². The Labute approximate surface area is 151 Å². The van der Waals surface area contributed by atoms with Crippen molar-refractivity contribution in [3.63, 3.8) is 0 Å². The van der Waals surface area contributed by atoms with Crippen molar-refractivity contribution in [1.29, 1.82) is 0 Å². The van der Waals surface area contributed by atoms with Gasteiger partial charge >= 0.3 is 5.69 Å². The lowest BCUT2D eigenvalue weighted by molar-refractivity contribution is 0.0933. The highest BCUT2D eigenvalue weighted by Crippen LogP contribution is 2.10. The Morgan fingerprint density at radius 3 is 2.38 bits per heavy atom. The van der Waals surface area contributed by atoms with E-state index in [4.69, 9.17) is 12.2 Å². The minimum Gasteiger partial charge on any atom is -0.384 e. The van der Waals surface area contributed by atoms with Crippen LogP contribution in [-0.2, 0) is 20.6 Å². The first kappa shape index (κ1) is 19.2. The van der Waals surface area contributed by atoms with Gasteiger partial charge in [0.1, 0.15) is 11.4 Å². The molecule has 0 bridgehead atoms. The lowest BCUT2D eigenvalue weighted by Crippen LogP contribution is -2.43.